The summed E-state index contributed by atoms with van der Waals surface area (Å²) in [5.41, 5.74) is 0.627. The minimum absolute atomic E-state index is 0.0208. The van der Waals surface area contributed by atoms with Gasteiger partial charge in [-0.3, -0.25) is 9.69 Å². The van der Waals surface area contributed by atoms with E-state index in [4.69, 9.17) is 5.11 Å². The number of nitrogens with one attached hydrogen (secondary N) is 1. The average Bonchev–Trinajstić information content (AvgIpc) is 2.49. The van der Waals surface area contributed by atoms with Gasteiger partial charge in [-0.05, 0) is 25.1 Å². The van der Waals surface area contributed by atoms with E-state index in [0.717, 1.165) is 6.54 Å². The van der Waals surface area contributed by atoms with Gasteiger partial charge in [0.2, 0.25) is 0 Å². The molecule has 1 aromatic carbocycles. The Morgan fingerprint density at radius 3 is 2.95 bits per heavy atom. The highest BCUT2D eigenvalue weighted by Gasteiger charge is 2.27. The smallest absolute Gasteiger partial charge is 0.189 e. The van der Waals surface area contributed by atoms with Crippen molar-refractivity contribution >= 4 is 10.9 Å². The largest absolute Gasteiger partial charge is 0.396 e. The number of para-hydroxylation sites is 1. The van der Waals surface area contributed by atoms with Gasteiger partial charge in [0.25, 0.3) is 0 Å². The molecule has 5 nitrogen and oxygen atoms in total. The van der Waals surface area contributed by atoms with Gasteiger partial charge in [-0.15, -0.1) is 0 Å². The van der Waals surface area contributed by atoms with Crippen LogP contribution in [0.4, 0.5) is 4.39 Å². The van der Waals surface area contributed by atoms with Crippen molar-refractivity contribution in [3.05, 3.63) is 46.0 Å². The molecule has 0 spiro atoms. The lowest BCUT2D eigenvalue weighted by Gasteiger charge is -2.34. The number of β-amino-alcohol motifs (C(OH)–C–C–N with tert-alkyl or cyclic N) is 1. The summed E-state index contributed by atoms with van der Waals surface area (Å²) in [5.74, 6) is -0.542. The number of hydrogen-bond acceptors (Lipinski definition) is 4. The van der Waals surface area contributed by atoms with Crippen LogP contribution in [0, 0.1) is 11.7 Å². The number of hydrogen-bond donors (Lipinski definition) is 3. The summed E-state index contributed by atoms with van der Waals surface area (Å²) < 4.78 is 13.8. The molecule has 2 aromatic rings. The molecular weight excluding hydrogens is 287 g/mol. The summed E-state index contributed by atoms with van der Waals surface area (Å²) >= 11 is 0. The van der Waals surface area contributed by atoms with Crippen LogP contribution < -0.4 is 5.43 Å². The standard InChI is InChI=1S/C16H19FN2O3/c17-13-3-1-2-12-14(21)6-11(18-16(12)13)7-19-5-4-10(9-20)15(22)8-19/h1-3,6,10,15,20,22H,4-5,7-9H2,(H,18,21)/t10-,15+/m0/s1. The molecule has 1 saturated heterocycles. The number of nitrogens with zero attached hydrogens (tertiary/aromatic N) is 1. The molecular formula is C16H19FN2O3. The van der Waals surface area contributed by atoms with Crippen LogP contribution >= 0.6 is 0 Å². The number of rotatable bonds is 3. The number of fused-ring (bicyclic) bond motifs is 1. The topological polar surface area (TPSA) is 76.6 Å². The first-order valence-electron chi connectivity index (χ1n) is 7.40. The lowest BCUT2D eigenvalue weighted by Crippen LogP contribution is -2.44. The minimum atomic E-state index is -0.581. The SMILES string of the molecule is O=c1cc(CN2CC[C@@H](CO)[C@H](O)C2)[nH]c2c(F)cccc12. The van der Waals surface area contributed by atoms with E-state index in [1.165, 1.54) is 18.2 Å². The van der Waals surface area contributed by atoms with Gasteiger partial charge >= 0.3 is 0 Å². The third-order valence-corrected chi connectivity index (χ3v) is 4.30. The summed E-state index contributed by atoms with van der Waals surface area (Å²) in [6.45, 7) is 1.57. The molecule has 2 atom stereocenters. The van der Waals surface area contributed by atoms with E-state index in [2.05, 4.69) is 4.98 Å². The molecule has 118 valence electrons. The Labute approximate surface area is 127 Å². The molecule has 0 aliphatic carbocycles. The highest BCUT2D eigenvalue weighted by Crippen LogP contribution is 2.19. The molecule has 6 heteroatoms. The summed E-state index contributed by atoms with van der Waals surface area (Å²) in [5, 5.41) is 19.4. The molecule has 22 heavy (non-hydrogen) atoms. The van der Waals surface area contributed by atoms with E-state index in [0.29, 0.717) is 30.6 Å². The fourth-order valence-electron chi connectivity index (χ4n) is 3.02. The number of likely N-dealkylation sites (tertiary alicyclic amines) is 1. The van der Waals surface area contributed by atoms with Gasteiger partial charge < -0.3 is 15.2 Å². The highest BCUT2D eigenvalue weighted by molar-refractivity contribution is 5.78. The molecule has 0 bridgehead atoms. The van der Waals surface area contributed by atoms with E-state index in [-0.39, 0.29) is 23.5 Å². The van der Waals surface area contributed by atoms with Gasteiger partial charge in [0.05, 0.1) is 11.6 Å². The maximum Gasteiger partial charge on any atom is 0.189 e. The quantitative estimate of drug-likeness (QED) is 0.785. The maximum absolute atomic E-state index is 13.8. The van der Waals surface area contributed by atoms with Crippen LogP contribution in [0.1, 0.15) is 12.1 Å². The van der Waals surface area contributed by atoms with Gasteiger partial charge in [0.1, 0.15) is 5.82 Å². The summed E-state index contributed by atoms with van der Waals surface area (Å²) in [7, 11) is 0. The Morgan fingerprint density at radius 1 is 1.41 bits per heavy atom. The Hall–Kier alpha value is -1.76. The number of H-pyrrole nitrogens is 1. The second kappa shape index (κ2) is 6.16. The highest BCUT2D eigenvalue weighted by atomic mass is 19.1. The molecule has 1 aromatic heterocycles. The molecule has 1 fully saturated rings. The molecule has 1 aliphatic heterocycles. The number of piperidine rings is 1. The fourth-order valence-corrected chi connectivity index (χ4v) is 3.02. The van der Waals surface area contributed by atoms with Crippen LogP contribution in [0.15, 0.2) is 29.1 Å². The fraction of sp³-hybridized carbons (Fsp3) is 0.438. The van der Waals surface area contributed by atoms with E-state index in [9.17, 15) is 14.3 Å². The van der Waals surface area contributed by atoms with Gasteiger partial charge in [-0.25, -0.2) is 4.39 Å². The minimum Gasteiger partial charge on any atom is -0.396 e. The number of aliphatic hydroxyl groups excluding tert-OH is 2. The number of halogens is 1. The van der Waals surface area contributed by atoms with Crippen LogP contribution in [0.2, 0.25) is 0 Å². The Bertz CT molecular complexity index is 731. The third-order valence-electron chi connectivity index (χ3n) is 4.30. The number of pyridine rings is 1. The Balaban J connectivity index is 1.83. The van der Waals surface area contributed by atoms with Gasteiger partial charge in [0, 0.05) is 42.8 Å². The lowest BCUT2D eigenvalue weighted by molar-refractivity contribution is -0.00477. The van der Waals surface area contributed by atoms with Crippen molar-refractivity contribution in [2.45, 2.75) is 19.1 Å². The van der Waals surface area contributed by atoms with E-state index < -0.39 is 11.9 Å². The predicted octanol–water partition coefficient (Wildman–Crippen LogP) is 0.842. The zero-order valence-corrected chi connectivity index (χ0v) is 12.1. The second-order valence-corrected chi connectivity index (χ2v) is 5.86. The predicted molar refractivity (Wildman–Crippen MR) is 81.0 cm³/mol. The lowest BCUT2D eigenvalue weighted by atomic mass is 9.95. The van der Waals surface area contributed by atoms with Crippen molar-refractivity contribution < 1.29 is 14.6 Å². The zero-order valence-electron chi connectivity index (χ0n) is 12.1. The second-order valence-electron chi connectivity index (χ2n) is 5.86. The Kier molecular flexibility index (Phi) is 4.24. The first-order chi connectivity index (χ1) is 10.6. The van der Waals surface area contributed by atoms with Gasteiger partial charge in [0.15, 0.2) is 5.43 Å². The van der Waals surface area contributed by atoms with Crippen LogP contribution in [-0.2, 0) is 6.54 Å². The van der Waals surface area contributed by atoms with Crippen molar-refractivity contribution in [2.75, 3.05) is 19.7 Å². The average molecular weight is 306 g/mol. The molecule has 1 aliphatic rings. The summed E-state index contributed by atoms with van der Waals surface area (Å²) in [4.78, 5) is 17.0. The van der Waals surface area contributed by atoms with E-state index in [1.54, 1.807) is 6.07 Å². The van der Waals surface area contributed by atoms with Crippen molar-refractivity contribution in [2.24, 2.45) is 5.92 Å². The monoisotopic (exact) mass is 306 g/mol. The normalized spacial score (nSPS) is 23.0. The molecule has 0 saturated carbocycles. The third kappa shape index (κ3) is 2.90. The number of aliphatic hydroxyl groups is 2. The van der Waals surface area contributed by atoms with Crippen molar-refractivity contribution in [3.63, 3.8) is 0 Å². The Morgan fingerprint density at radius 2 is 2.23 bits per heavy atom. The van der Waals surface area contributed by atoms with Crippen LogP contribution in [0.5, 0.6) is 0 Å². The van der Waals surface area contributed by atoms with E-state index >= 15 is 0 Å². The van der Waals surface area contributed by atoms with E-state index in [1.807, 2.05) is 4.90 Å². The molecule has 3 rings (SSSR count). The van der Waals surface area contributed by atoms with Crippen LogP contribution in [0.25, 0.3) is 10.9 Å². The van der Waals surface area contributed by atoms with Crippen molar-refractivity contribution in [1.82, 2.24) is 9.88 Å². The van der Waals surface area contributed by atoms with Crippen LogP contribution in [0.3, 0.4) is 0 Å². The number of aromatic nitrogens is 1. The first-order valence-corrected chi connectivity index (χ1v) is 7.40. The number of benzene rings is 1. The van der Waals surface area contributed by atoms with Gasteiger partial charge in [-0.2, -0.15) is 0 Å². The number of aromatic amines is 1. The summed E-state index contributed by atoms with van der Waals surface area (Å²) in [6, 6.07) is 5.91. The molecule has 3 N–H and O–H groups in total. The maximum atomic E-state index is 13.8. The summed E-state index contributed by atoms with van der Waals surface area (Å²) in [6.07, 6.45) is 0.117. The van der Waals surface area contributed by atoms with Crippen LogP contribution in [-0.4, -0.2) is 45.9 Å². The van der Waals surface area contributed by atoms with Crippen molar-refractivity contribution in [1.29, 1.82) is 0 Å². The van der Waals surface area contributed by atoms with Crippen molar-refractivity contribution in [3.8, 4) is 0 Å². The first kappa shape index (κ1) is 15.1. The van der Waals surface area contributed by atoms with Gasteiger partial charge in [-0.1, -0.05) is 6.07 Å². The molecule has 0 radical (unpaired) electrons. The molecule has 0 amide bonds. The molecule has 2 heterocycles. The zero-order chi connectivity index (χ0) is 15.7. The molecule has 0 unspecified atom stereocenters.